The number of esters is 1. The molecule has 0 aliphatic heterocycles. The van der Waals surface area contributed by atoms with E-state index in [1.165, 1.54) is 22.8 Å². The highest BCUT2D eigenvalue weighted by Crippen LogP contribution is 2.42. The van der Waals surface area contributed by atoms with E-state index < -0.39 is 0 Å². The Labute approximate surface area is 170 Å². The van der Waals surface area contributed by atoms with E-state index in [1.54, 1.807) is 13.0 Å². The molecule has 0 saturated heterocycles. The molecule has 2 aromatic carbocycles. The number of rotatable bonds is 5. The Balaban J connectivity index is 1.95. The average molecular weight is 404 g/mol. The molecule has 3 nitrogen and oxygen atoms in total. The van der Waals surface area contributed by atoms with E-state index in [0.717, 1.165) is 18.4 Å². The fraction of sp³-hybridized carbons (Fsp3) is 0.318. The Morgan fingerprint density at radius 3 is 2.67 bits per heavy atom. The second-order valence-corrected chi connectivity index (χ2v) is 7.43. The van der Waals surface area contributed by atoms with Gasteiger partial charge in [-0.05, 0) is 73.3 Å². The summed E-state index contributed by atoms with van der Waals surface area (Å²) in [6, 6.07) is 12.5. The van der Waals surface area contributed by atoms with Gasteiger partial charge < -0.3 is 10.1 Å². The fourth-order valence-corrected chi connectivity index (χ4v) is 4.00. The normalized spacial score (nSPS) is 19.1. The lowest BCUT2D eigenvalue weighted by Gasteiger charge is -2.32. The molecule has 142 valence electrons. The van der Waals surface area contributed by atoms with Crippen LogP contribution in [0.5, 0.6) is 0 Å². The van der Waals surface area contributed by atoms with Crippen LogP contribution in [0.25, 0.3) is 6.08 Å². The van der Waals surface area contributed by atoms with Crippen molar-refractivity contribution in [3.8, 4) is 0 Å². The van der Waals surface area contributed by atoms with Crippen molar-refractivity contribution in [1.29, 1.82) is 0 Å². The number of nitrogens with one attached hydrogen (secondary N) is 1. The van der Waals surface area contributed by atoms with Gasteiger partial charge in [-0.2, -0.15) is 0 Å². The van der Waals surface area contributed by atoms with Gasteiger partial charge in [0, 0.05) is 18.0 Å². The van der Waals surface area contributed by atoms with Crippen LogP contribution in [0, 0.1) is 0 Å². The summed E-state index contributed by atoms with van der Waals surface area (Å²) >= 11 is 12.3. The monoisotopic (exact) mass is 403 g/mol. The Morgan fingerprint density at radius 1 is 1.15 bits per heavy atom. The molecule has 0 fully saturated rings. The van der Waals surface area contributed by atoms with Gasteiger partial charge in [0.1, 0.15) is 0 Å². The van der Waals surface area contributed by atoms with Crippen LogP contribution in [0.2, 0.25) is 10.0 Å². The second kappa shape index (κ2) is 8.92. The van der Waals surface area contributed by atoms with Gasteiger partial charge in [0.25, 0.3) is 0 Å². The number of carbonyl (C=O) groups is 1. The van der Waals surface area contributed by atoms with Crippen molar-refractivity contribution in [3.05, 3.63) is 74.8 Å². The number of carbonyl (C=O) groups excluding carboxylic acids is 1. The van der Waals surface area contributed by atoms with Gasteiger partial charge in [-0.1, -0.05) is 41.4 Å². The summed E-state index contributed by atoms with van der Waals surface area (Å²) in [4.78, 5) is 11.6. The zero-order chi connectivity index (χ0) is 19.4. The molecule has 5 heteroatoms. The predicted molar refractivity (Wildman–Crippen MR) is 111 cm³/mol. The summed E-state index contributed by atoms with van der Waals surface area (Å²) in [5, 5.41) is 4.56. The van der Waals surface area contributed by atoms with E-state index in [2.05, 4.69) is 23.5 Å². The van der Waals surface area contributed by atoms with Gasteiger partial charge in [-0.25, -0.2) is 4.79 Å². The summed E-state index contributed by atoms with van der Waals surface area (Å²) < 4.78 is 4.95. The maximum Gasteiger partial charge on any atom is 0.330 e. The van der Waals surface area contributed by atoms with Crippen molar-refractivity contribution in [2.75, 3.05) is 13.7 Å². The van der Waals surface area contributed by atoms with Crippen molar-refractivity contribution >= 4 is 35.2 Å². The van der Waals surface area contributed by atoms with E-state index in [-0.39, 0.29) is 17.9 Å². The highest BCUT2D eigenvalue weighted by atomic mass is 35.5. The zero-order valence-corrected chi connectivity index (χ0v) is 17.0. The highest BCUT2D eigenvalue weighted by Gasteiger charge is 2.27. The molecule has 1 aliphatic rings. The number of ether oxygens (including phenoxy) is 1. The van der Waals surface area contributed by atoms with Crippen LogP contribution in [-0.4, -0.2) is 19.6 Å². The van der Waals surface area contributed by atoms with E-state index in [1.807, 2.05) is 25.2 Å². The van der Waals surface area contributed by atoms with Gasteiger partial charge in [0.15, 0.2) is 0 Å². The van der Waals surface area contributed by atoms with Crippen molar-refractivity contribution < 1.29 is 9.53 Å². The minimum atomic E-state index is -0.325. The molecule has 2 aromatic rings. The quantitative estimate of drug-likeness (QED) is 0.509. The van der Waals surface area contributed by atoms with Crippen LogP contribution >= 0.6 is 23.2 Å². The number of halogens is 2. The standard InChI is InChI=1S/C22H23Cl2NO2/c1-3-27-22(26)11-5-14-4-7-17-16(8-10-21(25-2)18(17)12-14)15-6-9-19(23)20(24)13-15/h4-7,9,11-13,16,21,25H,3,8,10H2,1-2H3/t16?,21-/m0/s1. The number of hydrogen-bond donors (Lipinski definition) is 1. The first-order valence-electron chi connectivity index (χ1n) is 9.14. The molecule has 0 saturated carbocycles. The molecule has 0 aromatic heterocycles. The van der Waals surface area contributed by atoms with Crippen LogP contribution in [0.4, 0.5) is 0 Å². The summed E-state index contributed by atoms with van der Waals surface area (Å²) in [6.45, 7) is 2.17. The number of benzene rings is 2. The van der Waals surface area contributed by atoms with Gasteiger partial charge in [0.05, 0.1) is 16.7 Å². The van der Waals surface area contributed by atoms with E-state index >= 15 is 0 Å². The van der Waals surface area contributed by atoms with Crippen LogP contribution in [0.15, 0.2) is 42.5 Å². The smallest absolute Gasteiger partial charge is 0.330 e. The van der Waals surface area contributed by atoms with Crippen molar-refractivity contribution in [2.45, 2.75) is 31.7 Å². The van der Waals surface area contributed by atoms with Crippen LogP contribution < -0.4 is 5.32 Å². The van der Waals surface area contributed by atoms with E-state index in [0.29, 0.717) is 16.7 Å². The van der Waals surface area contributed by atoms with E-state index in [4.69, 9.17) is 27.9 Å². The van der Waals surface area contributed by atoms with Gasteiger partial charge in [-0.15, -0.1) is 0 Å². The predicted octanol–water partition coefficient (Wildman–Crippen LogP) is 5.76. The van der Waals surface area contributed by atoms with Gasteiger partial charge in [0.2, 0.25) is 0 Å². The molecular formula is C22H23Cl2NO2. The molecule has 0 amide bonds. The second-order valence-electron chi connectivity index (χ2n) is 6.62. The zero-order valence-electron chi connectivity index (χ0n) is 15.5. The third kappa shape index (κ3) is 4.55. The molecule has 1 N–H and O–H groups in total. The van der Waals surface area contributed by atoms with Crippen LogP contribution in [0.3, 0.4) is 0 Å². The molecule has 0 spiro atoms. The Hall–Kier alpha value is -1.81. The Kier molecular flexibility index (Phi) is 6.59. The largest absolute Gasteiger partial charge is 0.463 e. The first-order valence-corrected chi connectivity index (χ1v) is 9.90. The molecule has 0 heterocycles. The fourth-order valence-electron chi connectivity index (χ4n) is 3.69. The van der Waals surface area contributed by atoms with Crippen molar-refractivity contribution in [1.82, 2.24) is 5.32 Å². The summed E-state index contributed by atoms with van der Waals surface area (Å²) in [5.41, 5.74) is 4.70. The molecule has 27 heavy (non-hydrogen) atoms. The Morgan fingerprint density at radius 2 is 1.96 bits per heavy atom. The maximum absolute atomic E-state index is 11.6. The van der Waals surface area contributed by atoms with Crippen molar-refractivity contribution in [2.24, 2.45) is 0 Å². The first kappa shape index (κ1) is 19.9. The molecule has 1 aliphatic carbocycles. The van der Waals surface area contributed by atoms with Crippen LogP contribution in [0.1, 0.15) is 54.0 Å². The molecule has 0 radical (unpaired) electrons. The summed E-state index contributed by atoms with van der Waals surface area (Å²) in [7, 11) is 1.98. The summed E-state index contributed by atoms with van der Waals surface area (Å²) in [6.07, 6.45) is 5.33. The maximum atomic E-state index is 11.6. The summed E-state index contributed by atoms with van der Waals surface area (Å²) in [5.74, 6) is -0.0449. The van der Waals surface area contributed by atoms with Crippen molar-refractivity contribution in [3.63, 3.8) is 0 Å². The van der Waals surface area contributed by atoms with Gasteiger partial charge in [-0.3, -0.25) is 0 Å². The van der Waals surface area contributed by atoms with E-state index in [9.17, 15) is 4.79 Å². The topological polar surface area (TPSA) is 38.3 Å². The lowest BCUT2D eigenvalue weighted by atomic mass is 9.76. The lowest BCUT2D eigenvalue weighted by molar-refractivity contribution is -0.137. The number of hydrogen-bond acceptors (Lipinski definition) is 3. The Bertz CT molecular complexity index is 863. The van der Waals surface area contributed by atoms with Gasteiger partial charge >= 0.3 is 5.97 Å². The number of fused-ring (bicyclic) bond motifs is 1. The lowest BCUT2D eigenvalue weighted by Crippen LogP contribution is -2.24. The third-order valence-corrected chi connectivity index (χ3v) is 5.74. The molecule has 2 atom stereocenters. The highest BCUT2D eigenvalue weighted by molar-refractivity contribution is 6.42. The average Bonchev–Trinajstić information content (AvgIpc) is 2.67. The molecule has 0 bridgehead atoms. The molecule has 1 unspecified atom stereocenters. The molecule has 3 rings (SSSR count). The first-order chi connectivity index (χ1) is 13.0. The minimum Gasteiger partial charge on any atom is -0.463 e. The third-order valence-electron chi connectivity index (χ3n) is 5.00. The molecular weight excluding hydrogens is 381 g/mol. The minimum absolute atomic E-state index is 0.280. The SMILES string of the molecule is CCOC(=O)C=Cc1ccc2c(c1)[C@@H](NC)CCC2c1ccc(Cl)c(Cl)c1. The van der Waals surface area contributed by atoms with Crippen LogP contribution in [-0.2, 0) is 9.53 Å².